The molecule has 24 heavy (non-hydrogen) atoms. The highest BCUT2D eigenvalue weighted by atomic mass is 35.5. The van der Waals surface area contributed by atoms with Gasteiger partial charge < -0.3 is 9.84 Å². The molecule has 1 aliphatic rings. The first-order valence-electron chi connectivity index (χ1n) is 8.17. The minimum absolute atomic E-state index is 0.0952. The van der Waals surface area contributed by atoms with E-state index in [1.54, 1.807) is 12.1 Å². The maximum Gasteiger partial charge on any atom is 0.131 e. The molecule has 1 fully saturated rings. The standard InChI is InChI=1S/C19H21ClFNO2/c20-18-7-2-8-19(21)17(18)13-24-16-6-1-4-14(10-16)11-22-9-3-5-15(22)12-23/h1-2,4,6-8,10,15,23H,3,5,9,11-13H2/t15-/m1/s1. The zero-order chi connectivity index (χ0) is 16.9. The monoisotopic (exact) mass is 349 g/mol. The second-order valence-corrected chi connectivity index (χ2v) is 6.49. The van der Waals surface area contributed by atoms with Gasteiger partial charge in [0, 0.05) is 18.2 Å². The zero-order valence-corrected chi connectivity index (χ0v) is 14.2. The molecule has 1 saturated heterocycles. The molecule has 0 aromatic heterocycles. The van der Waals surface area contributed by atoms with Crippen molar-refractivity contribution in [3.8, 4) is 5.75 Å². The summed E-state index contributed by atoms with van der Waals surface area (Å²) in [6.45, 7) is 2.07. The van der Waals surface area contributed by atoms with Crippen LogP contribution in [0, 0.1) is 5.82 Å². The number of nitrogens with zero attached hydrogens (tertiary/aromatic N) is 1. The normalized spacial score (nSPS) is 18.0. The van der Waals surface area contributed by atoms with Crippen molar-refractivity contribution < 1.29 is 14.2 Å². The third-order valence-corrected chi connectivity index (χ3v) is 4.79. The summed E-state index contributed by atoms with van der Waals surface area (Å²) in [5.74, 6) is 0.327. The molecule has 1 atom stereocenters. The van der Waals surface area contributed by atoms with Gasteiger partial charge in [0.15, 0.2) is 0 Å². The molecule has 1 heterocycles. The lowest BCUT2D eigenvalue weighted by molar-refractivity contribution is 0.153. The van der Waals surface area contributed by atoms with E-state index in [2.05, 4.69) is 4.90 Å². The van der Waals surface area contributed by atoms with Gasteiger partial charge >= 0.3 is 0 Å². The van der Waals surface area contributed by atoms with Crippen molar-refractivity contribution in [1.82, 2.24) is 4.90 Å². The first kappa shape index (κ1) is 17.2. The van der Waals surface area contributed by atoms with Crippen LogP contribution in [0.1, 0.15) is 24.0 Å². The number of aliphatic hydroxyl groups is 1. The van der Waals surface area contributed by atoms with E-state index in [-0.39, 0.29) is 25.1 Å². The van der Waals surface area contributed by atoms with Gasteiger partial charge in [-0.15, -0.1) is 0 Å². The van der Waals surface area contributed by atoms with Crippen LogP contribution in [-0.4, -0.2) is 29.2 Å². The van der Waals surface area contributed by atoms with Gasteiger partial charge in [-0.05, 0) is 49.2 Å². The Hall–Kier alpha value is -1.62. The van der Waals surface area contributed by atoms with Crippen LogP contribution < -0.4 is 4.74 Å². The largest absolute Gasteiger partial charge is 0.489 e. The minimum atomic E-state index is -0.360. The Labute approximate surface area is 146 Å². The van der Waals surface area contributed by atoms with Crippen LogP contribution in [0.25, 0.3) is 0 Å². The van der Waals surface area contributed by atoms with Crippen LogP contribution in [0.4, 0.5) is 4.39 Å². The van der Waals surface area contributed by atoms with Gasteiger partial charge in [-0.1, -0.05) is 29.8 Å². The van der Waals surface area contributed by atoms with Crippen LogP contribution >= 0.6 is 11.6 Å². The van der Waals surface area contributed by atoms with E-state index in [1.165, 1.54) is 6.07 Å². The molecule has 5 heteroatoms. The zero-order valence-electron chi connectivity index (χ0n) is 13.4. The summed E-state index contributed by atoms with van der Waals surface area (Å²) in [7, 11) is 0. The second kappa shape index (κ2) is 7.97. The van der Waals surface area contributed by atoms with E-state index in [1.807, 2.05) is 24.3 Å². The maximum absolute atomic E-state index is 13.8. The maximum atomic E-state index is 13.8. The van der Waals surface area contributed by atoms with E-state index in [0.717, 1.165) is 31.5 Å². The highest BCUT2D eigenvalue weighted by Crippen LogP contribution is 2.24. The third-order valence-electron chi connectivity index (χ3n) is 4.44. The summed E-state index contributed by atoms with van der Waals surface area (Å²) in [5.41, 5.74) is 1.48. The molecule has 0 spiro atoms. The predicted octanol–water partition coefficient (Wildman–Crippen LogP) is 4.01. The number of hydrogen-bond donors (Lipinski definition) is 1. The summed E-state index contributed by atoms with van der Waals surface area (Å²) >= 11 is 6.02. The van der Waals surface area contributed by atoms with E-state index in [4.69, 9.17) is 16.3 Å². The van der Waals surface area contributed by atoms with E-state index >= 15 is 0 Å². The molecule has 3 rings (SSSR count). The number of likely N-dealkylation sites (tertiary alicyclic amines) is 1. The Morgan fingerprint density at radius 2 is 2.08 bits per heavy atom. The molecule has 2 aromatic carbocycles. The Balaban J connectivity index is 1.65. The molecule has 0 bridgehead atoms. The van der Waals surface area contributed by atoms with Crippen LogP contribution in [0.3, 0.4) is 0 Å². The molecule has 0 radical (unpaired) electrons. The fourth-order valence-electron chi connectivity index (χ4n) is 3.10. The lowest BCUT2D eigenvalue weighted by Gasteiger charge is -2.22. The van der Waals surface area contributed by atoms with Crippen molar-refractivity contribution in [2.75, 3.05) is 13.2 Å². The lowest BCUT2D eigenvalue weighted by Crippen LogP contribution is -2.31. The minimum Gasteiger partial charge on any atom is -0.489 e. The Kier molecular flexibility index (Phi) is 5.72. The molecule has 2 aromatic rings. The lowest BCUT2D eigenvalue weighted by atomic mass is 10.1. The molecular formula is C19H21ClFNO2. The van der Waals surface area contributed by atoms with Crippen molar-refractivity contribution in [1.29, 1.82) is 0 Å². The van der Waals surface area contributed by atoms with Crippen molar-refractivity contribution >= 4 is 11.6 Å². The number of ether oxygens (including phenoxy) is 1. The topological polar surface area (TPSA) is 32.7 Å². The van der Waals surface area contributed by atoms with E-state index in [9.17, 15) is 9.50 Å². The van der Waals surface area contributed by atoms with Crippen LogP contribution in [-0.2, 0) is 13.2 Å². The molecule has 0 saturated carbocycles. The Morgan fingerprint density at radius 3 is 2.88 bits per heavy atom. The van der Waals surface area contributed by atoms with Gasteiger partial charge in [-0.2, -0.15) is 0 Å². The van der Waals surface area contributed by atoms with Crippen molar-refractivity contribution in [2.24, 2.45) is 0 Å². The van der Waals surface area contributed by atoms with Crippen LogP contribution in [0.15, 0.2) is 42.5 Å². The molecule has 0 unspecified atom stereocenters. The summed E-state index contributed by atoms with van der Waals surface area (Å²) < 4.78 is 19.5. The average Bonchev–Trinajstić information content (AvgIpc) is 3.02. The summed E-state index contributed by atoms with van der Waals surface area (Å²) in [6.07, 6.45) is 2.16. The van der Waals surface area contributed by atoms with E-state index < -0.39 is 0 Å². The third kappa shape index (κ3) is 4.07. The second-order valence-electron chi connectivity index (χ2n) is 6.09. The quantitative estimate of drug-likeness (QED) is 0.855. The highest BCUT2D eigenvalue weighted by molar-refractivity contribution is 6.31. The molecule has 1 aliphatic heterocycles. The number of rotatable bonds is 6. The van der Waals surface area contributed by atoms with Gasteiger partial charge in [0.1, 0.15) is 18.2 Å². The number of aliphatic hydroxyl groups excluding tert-OH is 1. The van der Waals surface area contributed by atoms with Gasteiger partial charge in [-0.25, -0.2) is 4.39 Å². The van der Waals surface area contributed by atoms with Gasteiger partial charge in [-0.3, -0.25) is 4.90 Å². The highest BCUT2D eigenvalue weighted by Gasteiger charge is 2.23. The number of hydrogen-bond acceptors (Lipinski definition) is 3. The van der Waals surface area contributed by atoms with E-state index in [0.29, 0.717) is 16.3 Å². The Morgan fingerprint density at radius 1 is 1.25 bits per heavy atom. The fourth-order valence-corrected chi connectivity index (χ4v) is 3.32. The van der Waals surface area contributed by atoms with Gasteiger partial charge in [0.05, 0.1) is 11.6 Å². The average molecular weight is 350 g/mol. The van der Waals surface area contributed by atoms with Crippen molar-refractivity contribution in [3.05, 3.63) is 64.4 Å². The van der Waals surface area contributed by atoms with Crippen LogP contribution in [0.2, 0.25) is 5.02 Å². The molecular weight excluding hydrogens is 329 g/mol. The molecule has 1 N–H and O–H groups in total. The van der Waals surface area contributed by atoms with Gasteiger partial charge in [0.25, 0.3) is 0 Å². The molecule has 0 amide bonds. The van der Waals surface area contributed by atoms with Crippen LogP contribution in [0.5, 0.6) is 5.75 Å². The summed E-state index contributed by atoms with van der Waals surface area (Å²) in [5, 5.41) is 9.79. The predicted molar refractivity (Wildman–Crippen MR) is 92.7 cm³/mol. The van der Waals surface area contributed by atoms with Gasteiger partial charge in [0.2, 0.25) is 0 Å². The molecule has 0 aliphatic carbocycles. The molecule has 128 valence electrons. The van der Waals surface area contributed by atoms with Crippen molar-refractivity contribution in [2.45, 2.75) is 32.0 Å². The Bertz CT molecular complexity index is 675. The molecule has 3 nitrogen and oxygen atoms in total. The summed E-state index contributed by atoms with van der Waals surface area (Å²) in [4.78, 5) is 2.28. The smallest absolute Gasteiger partial charge is 0.131 e. The summed E-state index contributed by atoms with van der Waals surface area (Å²) in [6, 6.07) is 12.6. The SMILES string of the molecule is OC[C@H]1CCCN1Cc1cccc(OCc2c(F)cccc2Cl)c1. The number of halogens is 2. The first-order chi connectivity index (χ1) is 11.7. The fraction of sp³-hybridized carbons (Fsp3) is 0.368. The first-order valence-corrected chi connectivity index (χ1v) is 8.54. The van der Waals surface area contributed by atoms with Crippen molar-refractivity contribution in [3.63, 3.8) is 0 Å². The number of benzene rings is 2.